The molecule has 0 aromatic rings. The molecule has 0 aliphatic carbocycles. The monoisotopic (exact) mass is 881 g/mol. The summed E-state index contributed by atoms with van der Waals surface area (Å²) >= 11 is 0. The Kier molecular flexibility index (Phi) is 49.4. The van der Waals surface area contributed by atoms with E-state index in [-0.39, 0.29) is 37.5 Å². The SMILES string of the molecule is CCCCCC/C=C\CCCCCCCC(=O)OC[C@@H](COC(=O)CCCCCCC/C=C\CCCCCCCC)OC(=O)CCC/C=C\C/C=C\C/C=C\CCCCCCCC. The number of hydrogen-bond donors (Lipinski definition) is 0. The first-order valence-corrected chi connectivity index (χ1v) is 26.8. The first-order valence-electron chi connectivity index (χ1n) is 26.8. The summed E-state index contributed by atoms with van der Waals surface area (Å²) in [5.74, 6) is -0.965. The highest BCUT2D eigenvalue weighted by atomic mass is 16.6. The van der Waals surface area contributed by atoms with Crippen molar-refractivity contribution in [2.75, 3.05) is 13.2 Å². The van der Waals surface area contributed by atoms with E-state index >= 15 is 0 Å². The molecule has 0 unspecified atom stereocenters. The molecule has 1 atom stereocenters. The summed E-state index contributed by atoms with van der Waals surface area (Å²) in [6.07, 6.45) is 63.5. The van der Waals surface area contributed by atoms with Crippen molar-refractivity contribution < 1.29 is 28.6 Å². The van der Waals surface area contributed by atoms with Crippen LogP contribution in [0.4, 0.5) is 0 Å². The molecule has 0 bridgehead atoms. The molecule has 0 aliphatic rings. The van der Waals surface area contributed by atoms with E-state index < -0.39 is 6.10 Å². The van der Waals surface area contributed by atoms with Crippen molar-refractivity contribution in [3.63, 3.8) is 0 Å². The molecule has 0 spiro atoms. The molecule has 6 heteroatoms. The van der Waals surface area contributed by atoms with Crippen LogP contribution >= 0.6 is 0 Å². The van der Waals surface area contributed by atoms with Gasteiger partial charge in [0, 0.05) is 19.3 Å². The average molecular weight is 881 g/mol. The van der Waals surface area contributed by atoms with Gasteiger partial charge in [0.1, 0.15) is 13.2 Å². The van der Waals surface area contributed by atoms with Crippen LogP contribution in [0.1, 0.15) is 265 Å². The highest BCUT2D eigenvalue weighted by Gasteiger charge is 2.19. The van der Waals surface area contributed by atoms with Gasteiger partial charge in [-0.15, -0.1) is 0 Å². The molecule has 0 heterocycles. The van der Waals surface area contributed by atoms with Gasteiger partial charge in [0.2, 0.25) is 0 Å². The maximum atomic E-state index is 12.8. The summed E-state index contributed by atoms with van der Waals surface area (Å²) in [5.41, 5.74) is 0. The van der Waals surface area contributed by atoms with Crippen molar-refractivity contribution in [3.8, 4) is 0 Å². The molecule has 0 saturated heterocycles. The van der Waals surface area contributed by atoms with Crippen molar-refractivity contribution in [1.82, 2.24) is 0 Å². The number of esters is 3. The summed E-state index contributed by atoms with van der Waals surface area (Å²) in [4.78, 5) is 38.0. The van der Waals surface area contributed by atoms with Crippen LogP contribution in [-0.2, 0) is 28.6 Å². The first kappa shape index (κ1) is 60.1. The molecule has 0 aliphatic heterocycles. The van der Waals surface area contributed by atoms with Gasteiger partial charge >= 0.3 is 17.9 Å². The highest BCUT2D eigenvalue weighted by Crippen LogP contribution is 2.13. The maximum Gasteiger partial charge on any atom is 0.306 e. The molecule has 0 aromatic carbocycles. The standard InChI is InChI=1S/C57H100O6/c1-4-7-10-13-16-19-22-25-27-28-30-33-36-39-42-45-48-51-57(60)63-54(52-61-55(58)49-46-43-40-37-34-31-24-21-18-15-12-9-6-3)53-62-56(59)50-47-44-41-38-35-32-29-26-23-20-17-14-11-8-5-2/h21,24-27,29-30,33,39,42,54H,4-20,22-23,28,31-32,34-38,40-41,43-53H2,1-3H3/b24-21-,27-25-,29-26-,33-30-,42-39-/t54-/m0/s1. The molecule has 0 N–H and O–H groups in total. The Balaban J connectivity index is 4.48. The largest absolute Gasteiger partial charge is 0.462 e. The minimum atomic E-state index is -0.806. The van der Waals surface area contributed by atoms with Crippen LogP contribution in [0.2, 0.25) is 0 Å². The van der Waals surface area contributed by atoms with Crippen molar-refractivity contribution in [1.29, 1.82) is 0 Å². The van der Waals surface area contributed by atoms with Crippen LogP contribution < -0.4 is 0 Å². The summed E-state index contributed by atoms with van der Waals surface area (Å²) < 4.78 is 16.8. The molecule has 6 nitrogen and oxygen atoms in total. The third-order valence-electron chi connectivity index (χ3n) is 11.5. The smallest absolute Gasteiger partial charge is 0.306 e. The van der Waals surface area contributed by atoms with Crippen molar-refractivity contribution >= 4 is 17.9 Å². The fourth-order valence-corrected chi connectivity index (χ4v) is 7.39. The summed E-state index contributed by atoms with van der Waals surface area (Å²) in [6.45, 7) is 6.56. The van der Waals surface area contributed by atoms with E-state index in [1.807, 2.05) is 0 Å². The highest BCUT2D eigenvalue weighted by molar-refractivity contribution is 5.71. The minimum absolute atomic E-state index is 0.101. The molecule has 0 radical (unpaired) electrons. The van der Waals surface area contributed by atoms with Gasteiger partial charge in [0.15, 0.2) is 6.10 Å². The van der Waals surface area contributed by atoms with E-state index in [1.165, 1.54) is 148 Å². The molecular formula is C57H100O6. The van der Waals surface area contributed by atoms with Gasteiger partial charge in [-0.2, -0.15) is 0 Å². The summed E-state index contributed by atoms with van der Waals surface area (Å²) in [6, 6.07) is 0. The molecule has 0 rings (SSSR count). The van der Waals surface area contributed by atoms with Crippen LogP contribution in [0.3, 0.4) is 0 Å². The normalized spacial score (nSPS) is 12.5. The lowest BCUT2D eigenvalue weighted by Gasteiger charge is -2.18. The van der Waals surface area contributed by atoms with Gasteiger partial charge in [-0.1, -0.05) is 204 Å². The predicted octanol–water partition coefficient (Wildman–Crippen LogP) is 17.6. The lowest BCUT2D eigenvalue weighted by molar-refractivity contribution is -0.167. The number of ether oxygens (including phenoxy) is 3. The zero-order valence-electron chi connectivity index (χ0n) is 41.6. The summed E-state index contributed by atoms with van der Waals surface area (Å²) in [5, 5.41) is 0. The quantitative estimate of drug-likeness (QED) is 0.0262. The molecular weight excluding hydrogens is 781 g/mol. The molecule has 63 heavy (non-hydrogen) atoms. The predicted molar refractivity (Wildman–Crippen MR) is 270 cm³/mol. The fraction of sp³-hybridized carbons (Fsp3) is 0.772. The van der Waals surface area contributed by atoms with Gasteiger partial charge in [-0.3, -0.25) is 14.4 Å². The van der Waals surface area contributed by atoms with Crippen LogP contribution in [0.25, 0.3) is 0 Å². The van der Waals surface area contributed by atoms with Crippen LogP contribution in [0, 0.1) is 0 Å². The van der Waals surface area contributed by atoms with E-state index in [0.29, 0.717) is 19.3 Å². The number of unbranched alkanes of at least 4 members (excludes halogenated alkanes) is 27. The van der Waals surface area contributed by atoms with E-state index in [4.69, 9.17) is 14.2 Å². The molecule has 364 valence electrons. The number of carbonyl (C=O) groups is 3. The Labute approximate surface area is 390 Å². The van der Waals surface area contributed by atoms with Crippen LogP contribution in [0.5, 0.6) is 0 Å². The Morgan fingerprint density at radius 3 is 0.968 bits per heavy atom. The van der Waals surface area contributed by atoms with Crippen LogP contribution in [0.15, 0.2) is 60.8 Å². The summed E-state index contributed by atoms with van der Waals surface area (Å²) in [7, 11) is 0. The maximum absolute atomic E-state index is 12.8. The van der Waals surface area contributed by atoms with Crippen molar-refractivity contribution in [3.05, 3.63) is 60.8 Å². The second-order valence-corrected chi connectivity index (χ2v) is 17.8. The topological polar surface area (TPSA) is 78.9 Å². The zero-order valence-corrected chi connectivity index (χ0v) is 41.6. The molecule has 0 saturated carbocycles. The van der Waals surface area contributed by atoms with E-state index in [0.717, 1.165) is 70.6 Å². The Bertz CT molecular complexity index is 1150. The Morgan fingerprint density at radius 1 is 0.317 bits per heavy atom. The number of rotatable bonds is 48. The zero-order chi connectivity index (χ0) is 45.8. The van der Waals surface area contributed by atoms with E-state index in [1.54, 1.807) is 0 Å². The average Bonchev–Trinajstić information content (AvgIpc) is 3.28. The second kappa shape index (κ2) is 51.7. The third-order valence-corrected chi connectivity index (χ3v) is 11.5. The van der Waals surface area contributed by atoms with Gasteiger partial charge in [-0.25, -0.2) is 0 Å². The van der Waals surface area contributed by atoms with Crippen LogP contribution in [-0.4, -0.2) is 37.2 Å². The third kappa shape index (κ3) is 50.0. The Morgan fingerprint density at radius 2 is 0.587 bits per heavy atom. The minimum Gasteiger partial charge on any atom is -0.462 e. The number of hydrogen-bond acceptors (Lipinski definition) is 6. The van der Waals surface area contributed by atoms with E-state index in [9.17, 15) is 14.4 Å². The number of carbonyl (C=O) groups excluding carboxylic acids is 3. The first-order chi connectivity index (χ1) is 31.0. The van der Waals surface area contributed by atoms with Gasteiger partial charge in [0.25, 0.3) is 0 Å². The molecule has 0 fully saturated rings. The molecule has 0 aromatic heterocycles. The van der Waals surface area contributed by atoms with Crippen molar-refractivity contribution in [2.24, 2.45) is 0 Å². The lowest BCUT2D eigenvalue weighted by atomic mass is 10.1. The van der Waals surface area contributed by atoms with E-state index in [2.05, 4.69) is 81.5 Å². The second-order valence-electron chi connectivity index (χ2n) is 17.8. The lowest BCUT2D eigenvalue weighted by Crippen LogP contribution is -2.30. The van der Waals surface area contributed by atoms with Gasteiger partial charge in [0.05, 0.1) is 0 Å². The van der Waals surface area contributed by atoms with Crippen molar-refractivity contribution in [2.45, 2.75) is 271 Å². The van der Waals surface area contributed by atoms with Gasteiger partial charge in [-0.05, 0) is 103 Å². The fourth-order valence-electron chi connectivity index (χ4n) is 7.39. The Hall–Kier alpha value is -2.89. The molecule has 0 amide bonds. The van der Waals surface area contributed by atoms with Gasteiger partial charge < -0.3 is 14.2 Å². The number of allylic oxidation sites excluding steroid dienone is 10.